The highest BCUT2D eigenvalue weighted by Crippen LogP contribution is 2.44. The topological polar surface area (TPSA) is 57.6 Å². The van der Waals surface area contributed by atoms with Crippen LogP contribution in [0.5, 0.6) is 0 Å². The Bertz CT molecular complexity index is 825. The van der Waals surface area contributed by atoms with E-state index in [2.05, 4.69) is 6.07 Å². The highest BCUT2D eigenvalue weighted by atomic mass is 16.3. The van der Waals surface area contributed by atoms with Crippen LogP contribution >= 0.6 is 0 Å². The number of fused-ring (bicyclic) bond motifs is 2. The Balaban J connectivity index is 1.81. The molecule has 128 valence electrons. The fourth-order valence-corrected chi connectivity index (χ4v) is 4.34. The van der Waals surface area contributed by atoms with Crippen LogP contribution in [0, 0.1) is 0 Å². The van der Waals surface area contributed by atoms with Crippen LogP contribution in [0.15, 0.2) is 48.5 Å². The number of hydrogen-bond donors (Lipinski definition) is 1. The summed E-state index contributed by atoms with van der Waals surface area (Å²) in [6.07, 6.45) is 2.97. The third kappa shape index (κ3) is 2.24. The largest absolute Gasteiger partial charge is 0.370 e. The first kappa shape index (κ1) is 16.0. The Labute approximate surface area is 147 Å². The lowest BCUT2D eigenvalue weighted by Crippen LogP contribution is -2.55. The second kappa shape index (κ2) is 5.81. The zero-order valence-corrected chi connectivity index (χ0v) is 14.2. The number of carbonyl (C=O) groups excluding carboxylic acids is 2. The Morgan fingerprint density at radius 1 is 1.04 bits per heavy atom. The molecule has 2 aromatic carbocycles. The summed E-state index contributed by atoms with van der Waals surface area (Å²) >= 11 is 0. The van der Waals surface area contributed by atoms with E-state index in [1.807, 2.05) is 25.1 Å². The molecule has 2 aromatic rings. The van der Waals surface area contributed by atoms with Crippen LogP contribution in [0.2, 0.25) is 0 Å². The lowest BCUT2D eigenvalue weighted by Gasteiger charge is -2.43. The summed E-state index contributed by atoms with van der Waals surface area (Å²) in [5.74, 6) is -1.05. The molecular formula is C21H21NO3. The van der Waals surface area contributed by atoms with Crippen molar-refractivity contribution in [1.82, 2.24) is 4.90 Å². The van der Waals surface area contributed by atoms with Gasteiger partial charge in [-0.25, -0.2) is 4.90 Å². The van der Waals surface area contributed by atoms with Crippen LogP contribution in [-0.2, 0) is 6.42 Å². The standard InChI is InChI=1S/C21H21NO3/c1-2-21(25,18-13-7-9-14-8-3-4-10-15(14)18)22-19(23)16-11-5-6-12-17(16)20(22)24/h3-6,8,10-12,18,25H,2,7,9,13H2,1H3. The van der Waals surface area contributed by atoms with Crippen molar-refractivity contribution in [2.75, 3.05) is 0 Å². The van der Waals surface area contributed by atoms with Crippen LogP contribution in [0.25, 0.3) is 0 Å². The van der Waals surface area contributed by atoms with Crippen molar-refractivity contribution in [3.63, 3.8) is 0 Å². The van der Waals surface area contributed by atoms with Crippen molar-refractivity contribution in [3.05, 3.63) is 70.8 Å². The normalized spacial score (nSPS) is 21.7. The minimum atomic E-state index is -1.51. The molecule has 4 nitrogen and oxygen atoms in total. The molecule has 1 N–H and O–H groups in total. The predicted octanol–water partition coefficient (Wildman–Crippen LogP) is 3.50. The van der Waals surface area contributed by atoms with Gasteiger partial charge in [0.1, 0.15) is 0 Å². The first-order valence-electron chi connectivity index (χ1n) is 8.86. The van der Waals surface area contributed by atoms with Crippen LogP contribution < -0.4 is 0 Å². The summed E-state index contributed by atoms with van der Waals surface area (Å²) in [5.41, 5.74) is 1.49. The molecule has 0 aromatic heterocycles. The fourth-order valence-electron chi connectivity index (χ4n) is 4.34. The molecule has 2 amide bonds. The minimum Gasteiger partial charge on any atom is -0.370 e. The lowest BCUT2D eigenvalue weighted by atomic mass is 9.75. The molecule has 0 fully saturated rings. The van der Waals surface area contributed by atoms with Gasteiger partial charge in [0.05, 0.1) is 11.1 Å². The molecule has 0 radical (unpaired) electrons. The maximum Gasteiger partial charge on any atom is 0.263 e. The van der Waals surface area contributed by atoms with Crippen LogP contribution in [0.3, 0.4) is 0 Å². The Kier molecular flexibility index (Phi) is 3.73. The van der Waals surface area contributed by atoms with Crippen molar-refractivity contribution >= 4 is 11.8 Å². The molecule has 2 aliphatic rings. The van der Waals surface area contributed by atoms with Crippen molar-refractivity contribution in [2.24, 2.45) is 0 Å². The molecule has 1 aliphatic carbocycles. The van der Waals surface area contributed by atoms with Crippen molar-refractivity contribution < 1.29 is 14.7 Å². The number of carbonyl (C=O) groups is 2. The van der Waals surface area contributed by atoms with E-state index in [-0.39, 0.29) is 5.92 Å². The molecule has 4 heteroatoms. The highest BCUT2D eigenvalue weighted by Gasteiger charge is 2.52. The van der Waals surface area contributed by atoms with Gasteiger partial charge < -0.3 is 5.11 Å². The van der Waals surface area contributed by atoms with Gasteiger partial charge in [-0.3, -0.25) is 9.59 Å². The van der Waals surface area contributed by atoms with Gasteiger partial charge in [0.15, 0.2) is 5.72 Å². The quantitative estimate of drug-likeness (QED) is 0.874. The molecule has 1 aliphatic heterocycles. The third-order valence-corrected chi connectivity index (χ3v) is 5.63. The van der Waals surface area contributed by atoms with Gasteiger partial charge in [-0.2, -0.15) is 0 Å². The second-order valence-electron chi connectivity index (χ2n) is 6.87. The van der Waals surface area contributed by atoms with Crippen LogP contribution in [0.1, 0.15) is 63.9 Å². The molecular weight excluding hydrogens is 314 g/mol. The second-order valence-corrected chi connectivity index (χ2v) is 6.87. The maximum atomic E-state index is 12.9. The number of aryl methyl sites for hydroxylation is 1. The summed E-state index contributed by atoms with van der Waals surface area (Å²) in [5, 5.41) is 11.6. The van der Waals surface area contributed by atoms with Crippen LogP contribution in [-0.4, -0.2) is 27.5 Å². The van der Waals surface area contributed by atoms with E-state index in [1.165, 1.54) is 5.56 Å². The smallest absolute Gasteiger partial charge is 0.263 e. The van der Waals surface area contributed by atoms with Crippen molar-refractivity contribution in [2.45, 2.75) is 44.2 Å². The third-order valence-electron chi connectivity index (χ3n) is 5.63. The van der Waals surface area contributed by atoms with Gasteiger partial charge in [-0.05, 0) is 48.9 Å². The number of amides is 2. The zero-order valence-electron chi connectivity index (χ0n) is 14.2. The van der Waals surface area contributed by atoms with E-state index in [1.54, 1.807) is 24.3 Å². The van der Waals surface area contributed by atoms with Crippen LogP contribution in [0.4, 0.5) is 0 Å². The molecule has 0 saturated heterocycles. The SMILES string of the molecule is CCC(O)(C1CCCc2ccccc21)N1C(=O)c2ccccc2C1=O. The summed E-state index contributed by atoms with van der Waals surface area (Å²) < 4.78 is 0. The van der Waals surface area contributed by atoms with Gasteiger partial charge in [-0.1, -0.05) is 43.3 Å². The first-order chi connectivity index (χ1) is 12.1. The molecule has 2 atom stereocenters. The molecule has 1 heterocycles. The van der Waals surface area contributed by atoms with E-state index in [0.717, 1.165) is 29.7 Å². The van der Waals surface area contributed by atoms with Gasteiger partial charge in [0, 0.05) is 5.92 Å². The van der Waals surface area contributed by atoms with E-state index in [0.29, 0.717) is 17.5 Å². The van der Waals surface area contributed by atoms with Crippen molar-refractivity contribution in [1.29, 1.82) is 0 Å². The summed E-state index contributed by atoms with van der Waals surface area (Å²) in [6.45, 7) is 1.83. The summed E-state index contributed by atoms with van der Waals surface area (Å²) in [4.78, 5) is 26.9. The molecule has 0 bridgehead atoms. The van der Waals surface area contributed by atoms with E-state index in [4.69, 9.17) is 0 Å². The number of nitrogens with zero attached hydrogens (tertiary/aromatic N) is 1. The minimum absolute atomic E-state index is 0.260. The van der Waals surface area contributed by atoms with E-state index < -0.39 is 17.5 Å². The summed E-state index contributed by atoms with van der Waals surface area (Å²) in [6, 6.07) is 14.8. The van der Waals surface area contributed by atoms with Gasteiger partial charge >= 0.3 is 0 Å². The molecule has 2 unspecified atom stereocenters. The van der Waals surface area contributed by atoms with Gasteiger partial charge in [0.25, 0.3) is 11.8 Å². The lowest BCUT2D eigenvalue weighted by molar-refractivity contribution is -0.0934. The monoisotopic (exact) mass is 335 g/mol. The highest BCUT2D eigenvalue weighted by molar-refractivity contribution is 6.21. The van der Waals surface area contributed by atoms with E-state index in [9.17, 15) is 14.7 Å². The number of hydrogen-bond acceptors (Lipinski definition) is 3. The summed E-state index contributed by atoms with van der Waals surface area (Å²) in [7, 11) is 0. The number of imide groups is 1. The molecule has 0 spiro atoms. The molecule has 0 saturated carbocycles. The maximum absolute atomic E-state index is 12.9. The number of aliphatic hydroxyl groups is 1. The Morgan fingerprint density at radius 2 is 1.64 bits per heavy atom. The number of rotatable bonds is 3. The van der Waals surface area contributed by atoms with Crippen molar-refractivity contribution in [3.8, 4) is 0 Å². The number of benzene rings is 2. The molecule has 4 rings (SSSR count). The Hall–Kier alpha value is -2.46. The fraction of sp³-hybridized carbons (Fsp3) is 0.333. The Morgan fingerprint density at radius 3 is 2.28 bits per heavy atom. The van der Waals surface area contributed by atoms with E-state index >= 15 is 0 Å². The molecule has 25 heavy (non-hydrogen) atoms. The average Bonchev–Trinajstić information content (AvgIpc) is 2.92. The van der Waals surface area contributed by atoms with Gasteiger partial charge in [-0.15, -0.1) is 0 Å². The zero-order chi connectivity index (χ0) is 17.6. The predicted molar refractivity (Wildman–Crippen MR) is 94.3 cm³/mol. The van der Waals surface area contributed by atoms with Gasteiger partial charge in [0.2, 0.25) is 0 Å². The first-order valence-corrected chi connectivity index (χ1v) is 8.86. The average molecular weight is 335 g/mol.